The van der Waals surface area contributed by atoms with Crippen LogP contribution in [0.4, 0.5) is 0 Å². The van der Waals surface area contributed by atoms with Crippen LogP contribution >= 0.6 is 11.3 Å². The van der Waals surface area contributed by atoms with E-state index in [2.05, 4.69) is 15.6 Å². The minimum Gasteiger partial charge on any atom is -0.462 e. The van der Waals surface area contributed by atoms with Gasteiger partial charge in [0.1, 0.15) is 16.0 Å². The van der Waals surface area contributed by atoms with Crippen molar-refractivity contribution >= 4 is 28.2 Å². The molecular formula is C20H21N3O3S. The van der Waals surface area contributed by atoms with Gasteiger partial charge in [0, 0.05) is 29.8 Å². The number of carbonyl (C=O) groups excluding carboxylic acids is 1. The molecule has 0 aliphatic heterocycles. The predicted molar refractivity (Wildman–Crippen MR) is 105 cm³/mol. The second kappa shape index (κ2) is 7.91. The van der Waals surface area contributed by atoms with Gasteiger partial charge in [0.2, 0.25) is 0 Å². The van der Waals surface area contributed by atoms with Crippen LogP contribution in [0.25, 0.3) is 21.5 Å². The Morgan fingerprint density at radius 3 is 2.89 bits per heavy atom. The van der Waals surface area contributed by atoms with E-state index < -0.39 is 0 Å². The van der Waals surface area contributed by atoms with Crippen LogP contribution < -0.4 is 0 Å². The molecule has 140 valence electrons. The number of aryl methyl sites for hydroxylation is 1. The Bertz CT molecular complexity index is 1030. The molecule has 1 aromatic carbocycles. The SMILES string of the molecule is CCOC(=O)c1sc(-c2ccc3c(c2)c(C#N)cn3C(C)COC)nc1C. The number of nitriles is 1. The zero-order chi connectivity index (χ0) is 19.6. The van der Waals surface area contributed by atoms with E-state index in [-0.39, 0.29) is 12.0 Å². The van der Waals surface area contributed by atoms with Gasteiger partial charge in [-0.3, -0.25) is 0 Å². The molecule has 6 nitrogen and oxygen atoms in total. The van der Waals surface area contributed by atoms with Gasteiger partial charge in [0.15, 0.2) is 0 Å². The average molecular weight is 383 g/mol. The molecule has 0 fully saturated rings. The van der Waals surface area contributed by atoms with Crippen LogP contribution in [0.2, 0.25) is 0 Å². The van der Waals surface area contributed by atoms with Gasteiger partial charge in [-0.05, 0) is 39.0 Å². The van der Waals surface area contributed by atoms with Gasteiger partial charge in [0.25, 0.3) is 0 Å². The van der Waals surface area contributed by atoms with Gasteiger partial charge in [-0.2, -0.15) is 5.26 Å². The number of nitrogens with zero attached hydrogens (tertiary/aromatic N) is 3. The summed E-state index contributed by atoms with van der Waals surface area (Å²) in [5.41, 5.74) is 3.10. The van der Waals surface area contributed by atoms with Crippen molar-refractivity contribution in [3.63, 3.8) is 0 Å². The van der Waals surface area contributed by atoms with Crippen molar-refractivity contribution in [3.05, 3.63) is 40.5 Å². The summed E-state index contributed by atoms with van der Waals surface area (Å²) >= 11 is 1.31. The van der Waals surface area contributed by atoms with Gasteiger partial charge in [0.05, 0.1) is 30.5 Å². The Morgan fingerprint density at radius 1 is 1.44 bits per heavy atom. The monoisotopic (exact) mass is 383 g/mol. The summed E-state index contributed by atoms with van der Waals surface area (Å²) in [6, 6.07) is 8.28. The number of hydrogen-bond acceptors (Lipinski definition) is 6. The molecule has 27 heavy (non-hydrogen) atoms. The standard InChI is InChI=1S/C20H21N3O3S/c1-5-26-20(24)18-13(3)22-19(27-18)14-6-7-17-16(8-14)15(9-21)10-23(17)12(2)11-25-4/h6-8,10,12H,5,11H2,1-4H3. The van der Waals surface area contributed by atoms with Gasteiger partial charge in [-0.25, -0.2) is 9.78 Å². The van der Waals surface area contributed by atoms with Crippen molar-refractivity contribution in [1.82, 2.24) is 9.55 Å². The first kappa shape index (κ1) is 19.1. The summed E-state index contributed by atoms with van der Waals surface area (Å²) in [6.07, 6.45) is 1.86. The molecule has 7 heteroatoms. The Labute approximate surface area is 162 Å². The maximum Gasteiger partial charge on any atom is 0.350 e. The molecule has 0 spiro atoms. The van der Waals surface area contributed by atoms with E-state index in [1.54, 1.807) is 21.0 Å². The maximum absolute atomic E-state index is 12.1. The van der Waals surface area contributed by atoms with Crippen LogP contribution in [0.3, 0.4) is 0 Å². The highest BCUT2D eigenvalue weighted by Gasteiger charge is 2.19. The number of benzene rings is 1. The molecule has 2 aromatic heterocycles. The quantitative estimate of drug-likeness (QED) is 0.592. The number of aromatic nitrogens is 2. The van der Waals surface area contributed by atoms with E-state index in [9.17, 15) is 10.1 Å². The van der Waals surface area contributed by atoms with Crippen molar-refractivity contribution in [2.24, 2.45) is 0 Å². The van der Waals surface area contributed by atoms with E-state index in [1.165, 1.54) is 11.3 Å². The lowest BCUT2D eigenvalue weighted by molar-refractivity contribution is 0.0531. The summed E-state index contributed by atoms with van der Waals surface area (Å²) in [6.45, 7) is 6.52. The molecule has 0 aliphatic carbocycles. The minimum absolute atomic E-state index is 0.114. The third-order valence-electron chi connectivity index (χ3n) is 4.34. The van der Waals surface area contributed by atoms with Crippen molar-refractivity contribution in [3.8, 4) is 16.6 Å². The van der Waals surface area contributed by atoms with Crippen LogP contribution in [0, 0.1) is 18.3 Å². The first-order chi connectivity index (χ1) is 13.0. The Hall–Kier alpha value is -2.69. The lowest BCUT2D eigenvalue weighted by Crippen LogP contribution is -2.09. The van der Waals surface area contributed by atoms with Crippen molar-refractivity contribution in [2.75, 3.05) is 20.3 Å². The zero-order valence-corrected chi connectivity index (χ0v) is 16.6. The highest BCUT2D eigenvalue weighted by Crippen LogP contribution is 2.33. The lowest BCUT2D eigenvalue weighted by Gasteiger charge is -2.14. The summed E-state index contributed by atoms with van der Waals surface area (Å²) < 4.78 is 12.4. The second-order valence-electron chi connectivity index (χ2n) is 6.25. The molecule has 0 radical (unpaired) electrons. The van der Waals surface area contributed by atoms with Crippen molar-refractivity contribution in [1.29, 1.82) is 5.26 Å². The summed E-state index contributed by atoms with van der Waals surface area (Å²) in [5.74, 6) is -0.350. The van der Waals surface area contributed by atoms with Crippen molar-refractivity contribution < 1.29 is 14.3 Å². The van der Waals surface area contributed by atoms with E-state index in [4.69, 9.17) is 9.47 Å². The molecule has 0 amide bonds. The van der Waals surface area contributed by atoms with E-state index in [0.29, 0.717) is 29.3 Å². The molecular weight excluding hydrogens is 362 g/mol. The summed E-state index contributed by atoms with van der Waals surface area (Å²) in [4.78, 5) is 17.1. The lowest BCUT2D eigenvalue weighted by atomic mass is 10.1. The molecule has 2 heterocycles. The average Bonchev–Trinajstić information content (AvgIpc) is 3.22. The Morgan fingerprint density at radius 2 is 2.22 bits per heavy atom. The maximum atomic E-state index is 12.1. The van der Waals surface area contributed by atoms with Crippen LogP contribution in [0.1, 0.15) is 40.8 Å². The first-order valence-electron chi connectivity index (χ1n) is 8.68. The van der Waals surface area contributed by atoms with Crippen molar-refractivity contribution in [2.45, 2.75) is 26.8 Å². The Balaban J connectivity index is 2.06. The predicted octanol–water partition coefficient (Wildman–Crippen LogP) is 4.33. The number of hydrogen-bond donors (Lipinski definition) is 0. The third kappa shape index (κ3) is 3.59. The van der Waals surface area contributed by atoms with E-state index in [0.717, 1.165) is 21.5 Å². The van der Waals surface area contributed by atoms with Crippen LogP contribution in [0.15, 0.2) is 24.4 Å². The van der Waals surface area contributed by atoms with E-state index in [1.807, 2.05) is 31.3 Å². The van der Waals surface area contributed by atoms with Gasteiger partial charge in [-0.15, -0.1) is 11.3 Å². The van der Waals surface area contributed by atoms with Crippen LogP contribution in [0.5, 0.6) is 0 Å². The number of ether oxygens (including phenoxy) is 2. The van der Waals surface area contributed by atoms with Gasteiger partial charge in [-0.1, -0.05) is 0 Å². The fraction of sp³-hybridized carbons (Fsp3) is 0.350. The topological polar surface area (TPSA) is 77.1 Å². The van der Waals surface area contributed by atoms with Gasteiger partial charge < -0.3 is 14.0 Å². The van der Waals surface area contributed by atoms with E-state index >= 15 is 0 Å². The second-order valence-corrected chi connectivity index (χ2v) is 7.25. The fourth-order valence-corrected chi connectivity index (χ4v) is 4.03. The largest absolute Gasteiger partial charge is 0.462 e. The normalized spacial score (nSPS) is 12.1. The summed E-state index contributed by atoms with van der Waals surface area (Å²) in [7, 11) is 1.66. The highest BCUT2D eigenvalue weighted by molar-refractivity contribution is 7.17. The molecule has 1 unspecified atom stereocenters. The molecule has 3 rings (SSSR count). The van der Waals surface area contributed by atoms with Gasteiger partial charge >= 0.3 is 5.97 Å². The number of methoxy groups -OCH3 is 1. The fourth-order valence-electron chi connectivity index (χ4n) is 3.07. The first-order valence-corrected chi connectivity index (χ1v) is 9.50. The summed E-state index contributed by atoms with van der Waals surface area (Å²) in [5, 5.41) is 11.1. The highest BCUT2D eigenvalue weighted by atomic mass is 32.1. The third-order valence-corrected chi connectivity index (χ3v) is 5.53. The molecule has 0 saturated heterocycles. The molecule has 1 atom stereocenters. The zero-order valence-electron chi connectivity index (χ0n) is 15.8. The van der Waals surface area contributed by atoms with Crippen LogP contribution in [-0.2, 0) is 9.47 Å². The number of esters is 1. The smallest absolute Gasteiger partial charge is 0.350 e. The molecule has 0 aliphatic rings. The molecule has 0 bridgehead atoms. The molecule has 3 aromatic rings. The number of thiazole rings is 1. The number of rotatable bonds is 6. The van der Waals surface area contributed by atoms with Crippen LogP contribution in [-0.4, -0.2) is 35.8 Å². The minimum atomic E-state index is -0.350. The molecule has 0 saturated carbocycles. The number of carbonyl (C=O) groups is 1. The molecule has 0 N–H and O–H groups in total. The Kier molecular flexibility index (Phi) is 5.59. The number of fused-ring (bicyclic) bond motifs is 1.